The monoisotopic (exact) mass is 403 g/mol. The van der Waals surface area contributed by atoms with Gasteiger partial charge in [0.05, 0.1) is 6.04 Å². The minimum Gasteiger partial charge on any atom is -0.457 e. The molecule has 0 amide bonds. The number of halogens is 3. The number of rotatable bonds is 5. The van der Waals surface area contributed by atoms with Crippen LogP contribution in [0.1, 0.15) is 24.1 Å². The second-order valence-electron chi connectivity index (χ2n) is 5.72. The van der Waals surface area contributed by atoms with Crippen molar-refractivity contribution in [3.63, 3.8) is 0 Å². The first-order valence-corrected chi connectivity index (χ1v) is 9.17. The summed E-state index contributed by atoms with van der Waals surface area (Å²) in [6.07, 6.45) is 1.79. The fourth-order valence-corrected chi connectivity index (χ4v) is 3.60. The number of nitrogens with zero attached hydrogens (tertiary/aromatic N) is 1. The van der Waals surface area contributed by atoms with E-state index >= 15 is 0 Å². The van der Waals surface area contributed by atoms with Crippen LogP contribution in [0.2, 0.25) is 15.1 Å². The molecule has 26 heavy (non-hydrogen) atoms. The lowest BCUT2D eigenvalue weighted by Crippen LogP contribution is -1.94. The number of hydrogen-bond donors (Lipinski definition) is 0. The van der Waals surface area contributed by atoms with E-state index in [-0.39, 0.29) is 6.04 Å². The number of benzene rings is 3. The molecule has 2 nitrogen and oxygen atoms in total. The molecule has 3 rings (SSSR count). The molecule has 0 radical (unpaired) electrons. The van der Waals surface area contributed by atoms with Gasteiger partial charge in [-0.3, -0.25) is 4.99 Å². The third-order valence-corrected chi connectivity index (χ3v) is 4.61. The van der Waals surface area contributed by atoms with E-state index in [0.29, 0.717) is 15.1 Å². The molecule has 3 aromatic rings. The van der Waals surface area contributed by atoms with Gasteiger partial charge in [-0.15, -0.1) is 0 Å². The lowest BCUT2D eigenvalue weighted by atomic mass is 10.1. The van der Waals surface area contributed by atoms with Gasteiger partial charge < -0.3 is 4.74 Å². The van der Waals surface area contributed by atoms with Gasteiger partial charge in [0.15, 0.2) is 0 Å². The number of hydrogen-bond acceptors (Lipinski definition) is 2. The highest BCUT2D eigenvalue weighted by molar-refractivity contribution is 6.39. The first-order valence-electron chi connectivity index (χ1n) is 8.03. The van der Waals surface area contributed by atoms with Crippen molar-refractivity contribution < 1.29 is 4.74 Å². The summed E-state index contributed by atoms with van der Waals surface area (Å²) in [5.41, 5.74) is 1.72. The molecule has 0 heterocycles. The van der Waals surface area contributed by atoms with Crippen molar-refractivity contribution in [3.05, 3.63) is 92.9 Å². The summed E-state index contributed by atoms with van der Waals surface area (Å²) in [6, 6.07) is 20.5. The third kappa shape index (κ3) is 4.79. The summed E-state index contributed by atoms with van der Waals surface area (Å²) in [6.45, 7) is 1.93. The average molecular weight is 405 g/mol. The molecule has 0 saturated carbocycles. The molecule has 0 bridgehead atoms. The minimum atomic E-state index is -0.187. The normalized spacial score (nSPS) is 12.3. The Morgan fingerprint density at radius 1 is 0.846 bits per heavy atom. The Hall–Kier alpha value is -2.00. The van der Waals surface area contributed by atoms with E-state index in [1.165, 1.54) is 0 Å². The van der Waals surface area contributed by atoms with Crippen molar-refractivity contribution in [1.29, 1.82) is 0 Å². The zero-order valence-electron chi connectivity index (χ0n) is 14.0. The highest BCUT2D eigenvalue weighted by atomic mass is 35.5. The maximum atomic E-state index is 6.25. The van der Waals surface area contributed by atoms with E-state index in [0.717, 1.165) is 22.6 Å². The lowest BCUT2D eigenvalue weighted by molar-refractivity contribution is 0.482. The Balaban J connectivity index is 1.71. The van der Waals surface area contributed by atoms with E-state index in [4.69, 9.17) is 39.5 Å². The molecule has 132 valence electrons. The van der Waals surface area contributed by atoms with Crippen LogP contribution in [0, 0.1) is 0 Å². The van der Waals surface area contributed by atoms with Gasteiger partial charge in [-0.1, -0.05) is 53.0 Å². The molecule has 1 atom stereocenters. The zero-order chi connectivity index (χ0) is 18.5. The van der Waals surface area contributed by atoms with Crippen LogP contribution in [0.25, 0.3) is 0 Å². The van der Waals surface area contributed by atoms with Crippen LogP contribution in [0.5, 0.6) is 11.5 Å². The van der Waals surface area contributed by atoms with Crippen molar-refractivity contribution in [2.24, 2.45) is 4.99 Å². The SMILES string of the molecule is CC(/N=C/c1ccc(Oc2ccccc2)cc1)c1c(Cl)cc(Cl)cc1Cl. The molecular weight excluding hydrogens is 389 g/mol. The summed E-state index contributed by atoms with van der Waals surface area (Å²) in [5.74, 6) is 1.57. The Labute approximate surface area is 168 Å². The quantitative estimate of drug-likeness (QED) is 0.401. The van der Waals surface area contributed by atoms with E-state index in [1.54, 1.807) is 18.3 Å². The van der Waals surface area contributed by atoms with E-state index < -0.39 is 0 Å². The highest BCUT2D eigenvalue weighted by Crippen LogP contribution is 2.35. The molecule has 0 aliphatic heterocycles. The van der Waals surface area contributed by atoms with Crippen molar-refractivity contribution >= 4 is 41.0 Å². The average Bonchev–Trinajstić information content (AvgIpc) is 2.61. The predicted molar refractivity (Wildman–Crippen MR) is 110 cm³/mol. The van der Waals surface area contributed by atoms with Gasteiger partial charge in [-0.2, -0.15) is 0 Å². The largest absolute Gasteiger partial charge is 0.457 e. The molecule has 3 aromatic carbocycles. The molecule has 0 aliphatic rings. The van der Waals surface area contributed by atoms with Crippen molar-refractivity contribution in [1.82, 2.24) is 0 Å². The smallest absolute Gasteiger partial charge is 0.127 e. The van der Waals surface area contributed by atoms with E-state index in [1.807, 2.05) is 61.5 Å². The number of para-hydroxylation sites is 1. The first kappa shape index (κ1) is 18.8. The Morgan fingerprint density at radius 2 is 1.42 bits per heavy atom. The predicted octanol–water partition coefficient (Wildman–Crippen LogP) is 7.62. The fraction of sp³-hybridized carbons (Fsp3) is 0.0952. The lowest BCUT2D eigenvalue weighted by Gasteiger charge is -2.12. The van der Waals surface area contributed by atoms with Gasteiger partial charge >= 0.3 is 0 Å². The van der Waals surface area contributed by atoms with Crippen LogP contribution in [0.15, 0.2) is 71.7 Å². The summed E-state index contributed by atoms with van der Waals surface area (Å²) in [5, 5.41) is 1.53. The highest BCUT2D eigenvalue weighted by Gasteiger charge is 2.13. The standard InChI is InChI=1S/C21H16Cl3NO/c1-14(21-19(23)11-16(22)12-20(21)24)25-13-15-7-9-18(10-8-15)26-17-5-3-2-4-6-17/h2-14H,1H3/b25-13+. The topological polar surface area (TPSA) is 21.6 Å². The van der Waals surface area contributed by atoms with Crippen LogP contribution < -0.4 is 4.74 Å². The molecule has 0 aromatic heterocycles. The van der Waals surface area contributed by atoms with Gasteiger partial charge in [0.25, 0.3) is 0 Å². The molecular formula is C21H16Cl3NO. The maximum Gasteiger partial charge on any atom is 0.127 e. The van der Waals surface area contributed by atoms with Gasteiger partial charge in [-0.05, 0) is 61.0 Å². The Morgan fingerprint density at radius 3 is 2.04 bits per heavy atom. The van der Waals surface area contributed by atoms with E-state index in [9.17, 15) is 0 Å². The molecule has 1 unspecified atom stereocenters. The first-order chi connectivity index (χ1) is 12.5. The van der Waals surface area contributed by atoms with Crippen LogP contribution >= 0.6 is 34.8 Å². The van der Waals surface area contributed by atoms with Crippen LogP contribution in [0.4, 0.5) is 0 Å². The fourth-order valence-electron chi connectivity index (χ4n) is 2.47. The van der Waals surface area contributed by atoms with Crippen molar-refractivity contribution in [2.75, 3.05) is 0 Å². The Kier molecular flexibility index (Phi) is 6.20. The van der Waals surface area contributed by atoms with Crippen LogP contribution in [0.3, 0.4) is 0 Å². The van der Waals surface area contributed by atoms with Crippen LogP contribution in [-0.2, 0) is 0 Å². The minimum absolute atomic E-state index is 0.187. The molecule has 0 spiro atoms. The zero-order valence-corrected chi connectivity index (χ0v) is 16.3. The molecule has 0 N–H and O–H groups in total. The van der Waals surface area contributed by atoms with E-state index in [2.05, 4.69) is 4.99 Å². The van der Waals surface area contributed by atoms with Gasteiger partial charge in [0.2, 0.25) is 0 Å². The van der Waals surface area contributed by atoms with Crippen LogP contribution in [-0.4, -0.2) is 6.21 Å². The maximum absolute atomic E-state index is 6.25. The summed E-state index contributed by atoms with van der Waals surface area (Å²) >= 11 is 18.5. The third-order valence-electron chi connectivity index (χ3n) is 3.77. The Bertz CT molecular complexity index is 885. The van der Waals surface area contributed by atoms with Gasteiger partial charge in [-0.25, -0.2) is 0 Å². The van der Waals surface area contributed by atoms with Gasteiger partial charge in [0, 0.05) is 26.8 Å². The number of aliphatic imine (C=N–C) groups is 1. The molecule has 0 fully saturated rings. The molecule has 5 heteroatoms. The molecule has 0 saturated heterocycles. The van der Waals surface area contributed by atoms with Crippen molar-refractivity contribution in [3.8, 4) is 11.5 Å². The molecule has 0 aliphatic carbocycles. The second kappa shape index (κ2) is 8.59. The number of ether oxygens (including phenoxy) is 1. The summed E-state index contributed by atoms with van der Waals surface area (Å²) in [7, 11) is 0. The van der Waals surface area contributed by atoms with Crippen molar-refractivity contribution in [2.45, 2.75) is 13.0 Å². The van der Waals surface area contributed by atoms with Gasteiger partial charge in [0.1, 0.15) is 11.5 Å². The second-order valence-corrected chi connectivity index (χ2v) is 6.97. The summed E-state index contributed by atoms with van der Waals surface area (Å²) < 4.78 is 5.78. The summed E-state index contributed by atoms with van der Waals surface area (Å²) in [4.78, 5) is 4.55.